The molecule has 0 atom stereocenters. The van der Waals surface area contributed by atoms with Gasteiger partial charge in [0.2, 0.25) is 5.91 Å². The van der Waals surface area contributed by atoms with Crippen LogP contribution in [0.5, 0.6) is 0 Å². The smallest absolute Gasteiger partial charge is 0.238 e. The molecule has 0 spiro atoms. The predicted octanol–water partition coefficient (Wildman–Crippen LogP) is 1.60. The maximum atomic E-state index is 12.6. The molecule has 0 aromatic heterocycles. The highest BCUT2D eigenvalue weighted by Crippen LogP contribution is 2.15. The molecule has 0 aliphatic carbocycles. The average molecular weight is 451 g/mol. The summed E-state index contributed by atoms with van der Waals surface area (Å²) < 4.78 is 48.1. The van der Waals surface area contributed by atoms with E-state index in [1.165, 1.54) is 18.4 Å². The molecule has 0 N–H and O–H groups in total. The van der Waals surface area contributed by atoms with Gasteiger partial charge in [0.1, 0.15) is 5.75 Å². The number of hydrogen-bond donors (Lipinski definition) is 0. The predicted molar refractivity (Wildman–Crippen MR) is 115 cm³/mol. The zero-order chi connectivity index (χ0) is 21.8. The largest absolute Gasteiger partial charge is 0.340 e. The van der Waals surface area contributed by atoms with Gasteiger partial charge in [-0.1, -0.05) is 30.3 Å². The van der Waals surface area contributed by atoms with Crippen LogP contribution in [0.3, 0.4) is 0 Å². The number of amides is 1. The van der Waals surface area contributed by atoms with Crippen molar-refractivity contribution in [2.75, 3.05) is 38.2 Å². The first-order chi connectivity index (χ1) is 14.1. The summed E-state index contributed by atoms with van der Waals surface area (Å²) in [4.78, 5) is 16.9. The average Bonchev–Trinajstić information content (AvgIpc) is 2.94. The van der Waals surface area contributed by atoms with Crippen molar-refractivity contribution in [3.05, 3.63) is 60.2 Å². The van der Waals surface area contributed by atoms with E-state index in [2.05, 4.69) is 4.90 Å². The van der Waals surface area contributed by atoms with Crippen molar-refractivity contribution in [3.8, 4) is 0 Å². The summed E-state index contributed by atoms with van der Waals surface area (Å²) >= 11 is 0. The van der Waals surface area contributed by atoms with E-state index in [0.717, 1.165) is 18.5 Å². The van der Waals surface area contributed by atoms with E-state index in [0.29, 0.717) is 31.1 Å². The van der Waals surface area contributed by atoms with Crippen molar-refractivity contribution in [1.82, 2.24) is 9.80 Å². The number of benzene rings is 2. The zero-order valence-electron chi connectivity index (χ0n) is 16.9. The molecule has 1 saturated heterocycles. The van der Waals surface area contributed by atoms with E-state index >= 15 is 0 Å². The molecule has 9 heteroatoms. The molecule has 1 amide bonds. The summed E-state index contributed by atoms with van der Waals surface area (Å²) in [5.74, 6) is -0.901. The summed E-state index contributed by atoms with van der Waals surface area (Å²) in [5, 5.41) is 0. The second-order valence-corrected chi connectivity index (χ2v) is 11.5. The minimum Gasteiger partial charge on any atom is -0.340 e. The molecule has 0 saturated carbocycles. The summed E-state index contributed by atoms with van der Waals surface area (Å²) in [6.45, 7) is 3.04. The standard InChI is InChI=1S/C21H26N2O5S2/c1-29(25,26)19-10-8-18(9-11-19)16-22-12-5-13-23(15-14-22)21(24)17-30(27,28)20-6-3-2-4-7-20/h2-4,6-11H,5,12-17H2,1H3. The van der Waals surface area contributed by atoms with Gasteiger partial charge in [-0.05, 0) is 36.2 Å². The molecule has 162 valence electrons. The minimum atomic E-state index is -3.65. The fourth-order valence-electron chi connectivity index (χ4n) is 3.44. The Morgan fingerprint density at radius 3 is 2.13 bits per heavy atom. The van der Waals surface area contributed by atoms with Gasteiger partial charge in [0.15, 0.2) is 19.7 Å². The van der Waals surface area contributed by atoms with Crippen LogP contribution in [0.15, 0.2) is 64.4 Å². The van der Waals surface area contributed by atoms with Crippen LogP contribution < -0.4 is 0 Å². The maximum Gasteiger partial charge on any atom is 0.238 e. The van der Waals surface area contributed by atoms with Gasteiger partial charge in [0.25, 0.3) is 0 Å². The van der Waals surface area contributed by atoms with Gasteiger partial charge < -0.3 is 4.90 Å². The number of carbonyl (C=O) groups excluding carboxylic acids is 1. The summed E-state index contributed by atoms with van der Waals surface area (Å²) in [6, 6.07) is 14.8. The summed E-state index contributed by atoms with van der Waals surface area (Å²) in [5.41, 5.74) is 0.994. The van der Waals surface area contributed by atoms with E-state index in [4.69, 9.17) is 0 Å². The third-order valence-electron chi connectivity index (χ3n) is 5.11. The minimum absolute atomic E-state index is 0.160. The molecule has 2 aromatic rings. The molecule has 0 radical (unpaired) electrons. The molecule has 3 rings (SSSR count). The zero-order valence-corrected chi connectivity index (χ0v) is 18.5. The first kappa shape index (κ1) is 22.5. The van der Waals surface area contributed by atoms with E-state index in [9.17, 15) is 21.6 Å². The Morgan fingerprint density at radius 2 is 1.50 bits per heavy atom. The summed E-state index contributed by atoms with van der Waals surface area (Å²) in [7, 11) is -6.87. The third kappa shape index (κ3) is 5.90. The van der Waals surface area contributed by atoms with Crippen molar-refractivity contribution in [3.63, 3.8) is 0 Å². The van der Waals surface area contributed by atoms with Crippen LogP contribution >= 0.6 is 0 Å². The lowest BCUT2D eigenvalue weighted by Crippen LogP contribution is -2.38. The van der Waals surface area contributed by atoms with E-state index in [-0.39, 0.29) is 10.8 Å². The van der Waals surface area contributed by atoms with Crippen molar-refractivity contribution < 1.29 is 21.6 Å². The fraction of sp³-hybridized carbons (Fsp3) is 0.381. The molecule has 1 heterocycles. The Morgan fingerprint density at radius 1 is 0.833 bits per heavy atom. The van der Waals surface area contributed by atoms with Crippen molar-refractivity contribution in [1.29, 1.82) is 0 Å². The van der Waals surface area contributed by atoms with Gasteiger partial charge in [-0.2, -0.15) is 0 Å². The maximum absolute atomic E-state index is 12.6. The Balaban J connectivity index is 1.57. The molecule has 2 aromatic carbocycles. The Hall–Kier alpha value is -2.23. The SMILES string of the molecule is CS(=O)(=O)c1ccc(CN2CCCN(C(=O)CS(=O)(=O)c3ccccc3)CC2)cc1. The lowest BCUT2D eigenvalue weighted by Gasteiger charge is -2.22. The second kappa shape index (κ2) is 9.28. The highest BCUT2D eigenvalue weighted by atomic mass is 32.2. The second-order valence-electron chi connectivity index (χ2n) is 7.50. The van der Waals surface area contributed by atoms with E-state index in [1.807, 2.05) is 0 Å². The summed E-state index contributed by atoms with van der Waals surface area (Å²) in [6.07, 6.45) is 1.93. The normalized spacial score (nSPS) is 16.2. The monoisotopic (exact) mass is 450 g/mol. The number of sulfone groups is 2. The van der Waals surface area contributed by atoms with Crippen LogP contribution in [0.25, 0.3) is 0 Å². The molecule has 0 bridgehead atoms. The Labute approximate surface area is 178 Å². The lowest BCUT2D eigenvalue weighted by atomic mass is 10.2. The highest BCUT2D eigenvalue weighted by molar-refractivity contribution is 7.92. The third-order valence-corrected chi connectivity index (χ3v) is 7.86. The van der Waals surface area contributed by atoms with Crippen LogP contribution in [-0.2, 0) is 31.0 Å². The van der Waals surface area contributed by atoms with E-state index in [1.54, 1.807) is 47.4 Å². The molecule has 7 nitrogen and oxygen atoms in total. The number of hydrogen-bond acceptors (Lipinski definition) is 6. The van der Waals surface area contributed by atoms with Crippen molar-refractivity contribution in [2.45, 2.75) is 22.8 Å². The Kier molecular flexibility index (Phi) is 6.95. The molecule has 1 aliphatic rings. The number of nitrogens with zero attached hydrogens (tertiary/aromatic N) is 2. The topological polar surface area (TPSA) is 91.8 Å². The van der Waals surface area contributed by atoms with Crippen LogP contribution in [0, 0.1) is 0 Å². The number of carbonyl (C=O) groups is 1. The molecule has 1 aliphatic heterocycles. The first-order valence-electron chi connectivity index (χ1n) is 9.72. The first-order valence-corrected chi connectivity index (χ1v) is 13.3. The van der Waals surface area contributed by atoms with Crippen molar-refractivity contribution >= 4 is 25.6 Å². The van der Waals surface area contributed by atoms with Gasteiger partial charge in [-0.25, -0.2) is 16.8 Å². The van der Waals surface area contributed by atoms with Crippen LogP contribution in [-0.4, -0.2) is 70.7 Å². The van der Waals surface area contributed by atoms with Crippen LogP contribution in [0.4, 0.5) is 0 Å². The molecule has 30 heavy (non-hydrogen) atoms. The van der Waals surface area contributed by atoms with Gasteiger partial charge in [-0.15, -0.1) is 0 Å². The molecular formula is C21H26N2O5S2. The van der Waals surface area contributed by atoms with Gasteiger partial charge in [0, 0.05) is 39.0 Å². The highest BCUT2D eigenvalue weighted by Gasteiger charge is 2.25. The van der Waals surface area contributed by atoms with Gasteiger partial charge >= 0.3 is 0 Å². The van der Waals surface area contributed by atoms with E-state index < -0.39 is 25.4 Å². The van der Waals surface area contributed by atoms with Gasteiger partial charge in [-0.3, -0.25) is 9.69 Å². The number of rotatable bonds is 6. The van der Waals surface area contributed by atoms with Gasteiger partial charge in [0.05, 0.1) is 9.79 Å². The van der Waals surface area contributed by atoms with Crippen LogP contribution in [0.1, 0.15) is 12.0 Å². The quantitative estimate of drug-likeness (QED) is 0.664. The lowest BCUT2D eigenvalue weighted by molar-refractivity contribution is -0.128. The fourth-order valence-corrected chi connectivity index (χ4v) is 5.32. The Bertz CT molecular complexity index is 1080. The molecular weight excluding hydrogens is 424 g/mol. The molecule has 1 fully saturated rings. The van der Waals surface area contributed by atoms with Crippen molar-refractivity contribution in [2.24, 2.45) is 0 Å². The molecule has 0 unspecified atom stereocenters. The van der Waals surface area contributed by atoms with Crippen LogP contribution in [0.2, 0.25) is 0 Å².